The predicted octanol–water partition coefficient (Wildman–Crippen LogP) is 1.21. The summed E-state index contributed by atoms with van der Waals surface area (Å²) in [5.41, 5.74) is 0.305. The van der Waals surface area contributed by atoms with Crippen LogP contribution in [-0.4, -0.2) is 33.7 Å². The van der Waals surface area contributed by atoms with Crippen molar-refractivity contribution in [1.29, 1.82) is 0 Å². The largest absolute Gasteiger partial charge is 0.364 e. The number of hydrogen-bond acceptors (Lipinski definition) is 5. The first kappa shape index (κ1) is 15.9. The van der Waals surface area contributed by atoms with Crippen molar-refractivity contribution in [2.75, 3.05) is 18.4 Å². The average molecular weight is 283 g/mol. The third kappa shape index (κ3) is 4.22. The van der Waals surface area contributed by atoms with Crippen LogP contribution in [0.15, 0.2) is 0 Å². The lowest BCUT2D eigenvalue weighted by Gasteiger charge is -2.08. The van der Waals surface area contributed by atoms with E-state index in [1.165, 1.54) is 4.68 Å². The van der Waals surface area contributed by atoms with E-state index >= 15 is 0 Å². The monoisotopic (exact) mass is 283 g/mol. The topological polar surface area (TPSA) is 102 Å². The molecule has 8 heteroatoms. The highest BCUT2D eigenvalue weighted by molar-refractivity contribution is 5.76. The van der Waals surface area contributed by atoms with Gasteiger partial charge in [-0.1, -0.05) is 13.8 Å². The molecule has 1 amide bonds. The number of nitrogens with zero attached hydrogens (tertiary/aromatic N) is 3. The molecule has 0 fully saturated rings. The maximum absolute atomic E-state index is 11.5. The molecule has 2 N–H and O–H groups in total. The van der Waals surface area contributed by atoms with E-state index in [4.69, 9.17) is 0 Å². The van der Waals surface area contributed by atoms with Crippen LogP contribution in [0.4, 0.5) is 11.5 Å². The predicted molar refractivity (Wildman–Crippen MR) is 75.6 cm³/mol. The molecule has 1 rings (SSSR count). The molecule has 112 valence electrons. The van der Waals surface area contributed by atoms with Crippen LogP contribution in [0.3, 0.4) is 0 Å². The Balaban J connectivity index is 2.54. The lowest BCUT2D eigenvalue weighted by molar-refractivity contribution is -0.384. The van der Waals surface area contributed by atoms with Crippen molar-refractivity contribution in [2.24, 2.45) is 13.0 Å². The smallest absolute Gasteiger partial charge is 0.333 e. The Morgan fingerprint density at radius 1 is 1.50 bits per heavy atom. The van der Waals surface area contributed by atoms with E-state index in [0.717, 1.165) is 0 Å². The molecule has 0 spiro atoms. The Morgan fingerprint density at radius 2 is 2.15 bits per heavy atom. The van der Waals surface area contributed by atoms with Gasteiger partial charge < -0.3 is 10.6 Å². The van der Waals surface area contributed by atoms with Crippen LogP contribution in [-0.2, 0) is 11.8 Å². The molecule has 0 radical (unpaired) electrons. The van der Waals surface area contributed by atoms with Crippen molar-refractivity contribution in [1.82, 2.24) is 15.1 Å². The number of carbonyl (C=O) groups is 1. The highest BCUT2D eigenvalue weighted by atomic mass is 16.6. The molecule has 1 heterocycles. The van der Waals surface area contributed by atoms with Crippen LogP contribution in [0.2, 0.25) is 0 Å². The Kier molecular flexibility index (Phi) is 5.48. The SMILES string of the molecule is Cc1nn(C)c(NCCC(=O)NCC(C)C)c1[N+](=O)[O-]. The zero-order chi connectivity index (χ0) is 15.3. The van der Waals surface area contributed by atoms with E-state index in [-0.39, 0.29) is 18.0 Å². The Morgan fingerprint density at radius 3 is 2.70 bits per heavy atom. The number of rotatable bonds is 7. The molecule has 0 aliphatic heterocycles. The number of hydrogen-bond donors (Lipinski definition) is 2. The van der Waals surface area contributed by atoms with Gasteiger partial charge in [0.05, 0.1) is 4.92 Å². The molecule has 0 saturated carbocycles. The van der Waals surface area contributed by atoms with Crippen molar-refractivity contribution >= 4 is 17.4 Å². The van der Waals surface area contributed by atoms with Crippen LogP contribution in [0.25, 0.3) is 0 Å². The summed E-state index contributed by atoms with van der Waals surface area (Å²) >= 11 is 0. The zero-order valence-corrected chi connectivity index (χ0v) is 12.3. The van der Waals surface area contributed by atoms with E-state index in [1.807, 2.05) is 13.8 Å². The molecule has 20 heavy (non-hydrogen) atoms. The molecule has 0 aromatic carbocycles. The van der Waals surface area contributed by atoms with Crippen LogP contribution < -0.4 is 10.6 Å². The number of anilines is 1. The lowest BCUT2D eigenvalue weighted by Crippen LogP contribution is -2.28. The van der Waals surface area contributed by atoms with E-state index in [0.29, 0.717) is 30.5 Å². The van der Waals surface area contributed by atoms with Crippen molar-refractivity contribution < 1.29 is 9.72 Å². The summed E-state index contributed by atoms with van der Waals surface area (Å²) in [6, 6.07) is 0. The normalized spacial score (nSPS) is 10.7. The zero-order valence-electron chi connectivity index (χ0n) is 12.3. The molecule has 0 saturated heterocycles. The van der Waals surface area contributed by atoms with E-state index in [1.54, 1.807) is 14.0 Å². The van der Waals surface area contributed by atoms with Gasteiger partial charge in [-0.05, 0) is 12.8 Å². The molecule has 1 aromatic heterocycles. The number of aryl methyl sites for hydroxylation is 2. The minimum absolute atomic E-state index is 0.0462. The first-order valence-electron chi connectivity index (χ1n) is 6.51. The summed E-state index contributed by atoms with van der Waals surface area (Å²) in [7, 11) is 1.63. The summed E-state index contributed by atoms with van der Waals surface area (Å²) in [6.45, 7) is 6.56. The fraction of sp³-hybridized carbons (Fsp3) is 0.667. The Bertz CT molecular complexity index is 496. The molecule has 0 atom stereocenters. The first-order chi connectivity index (χ1) is 9.32. The minimum atomic E-state index is -0.469. The second-order valence-electron chi connectivity index (χ2n) is 5.04. The van der Waals surface area contributed by atoms with Crippen molar-refractivity contribution in [3.05, 3.63) is 15.8 Å². The number of nitrogens with one attached hydrogen (secondary N) is 2. The summed E-state index contributed by atoms with van der Waals surface area (Å²) in [4.78, 5) is 22.0. The molecular weight excluding hydrogens is 262 g/mol. The quantitative estimate of drug-likeness (QED) is 0.578. The maximum Gasteiger partial charge on any atom is 0.333 e. The second kappa shape index (κ2) is 6.88. The third-order valence-electron chi connectivity index (χ3n) is 2.73. The van der Waals surface area contributed by atoms with Crippen molar-refractivity contribution in [3.63, 3.8) is 0 Å². The van der Waals surface area contributed by atoms with Gasteiger partial charge in [0.2, 0.25) is 11.7 Å². The van der Waals surface area contributed by atoms with Gasteiger partial charge in [-0.2, -0.15) is 5.10 Å². The molecule has 0 aliphatic carbocycles. The average Bonchev–Trinajstić information content (AvgIpc) is 2.61. The summed E-state index contributed by atoms with van der Waals surface area (Å²) in [5.74, 6) is 0.643. The van der Waals surface area contributed by atoms with Gasteiger partial charge in [0.25, 0.3) is 0 Å². The van der Waals surface area contributed by atoms with Gasteiger partial charge in [-0.3, -0.25) is 14.9 Å². The minimum Gasteiger partial charge on any atom is -0.364 e. The lowest BCUT2D eigenvalue weighted by atomic mass is 10.2. The standard InChI is InChI=1S/C12H21N5O3/c1-8(2)7-14-10(18)5-6-13-12-11(17(19)20)9(3)15-16(12)4/h8,13H,5-7H2,1-4H3,(H,14,18). The van der Waals surface area contributed by atoms with Gasteiger partial charge in [-0.25, -0.2) is 4.68 Å². The third-order valence-corrected chi connectivity index (χ3v) is 2.73. The van der Waals surface area contributed by atoms with Crippen molar-refractivity contribution in [3.8, 4) is 0 Å². The second-order valence-corrected chi connectivity index (χ2v) is 5.04. The molecule has 0 bridgehead atoms. The van der Waals surface area contributed by atoms with E-state index in [2.05, 4.69) is 15.7 Å². The molecule has 0 aliphatic rings. The van der Waals surface area contributed by atoms with Crippen LogP contribution >= 0.6 is 0 Å². The van der Waals surface area contributed by atoms with E-state index in [9.17, 15) is 14.9 Å². The fourth-order valence-corrected chi connectivity index (χ4v) is 1.76. The van der Waals surface area contributed by atoms with Crippen LogP contribution in [0.5, 0.6) is 0 Å². The molecular formula is C12H21N5O3. The van der Waals surface area contributed by atoms with Gasteiger partial charge in [0, 0.05) is 26.6 Å². The van der Waals surface area contributed by atoms with Gasteiger partial charge >= 0.3 is 5.69 Å². The number of nitro groups is 1. The van der Waals surface area contributed by atoms with E-state index < -0.39 is 4.92 Å². The number of amides is 1. The highest BCUT2D eigenvalue weighted by Crippen LogP contribution is 2.26. The summed E-state index contributed by atoms with van der Waals surface area (Å²) < 4.78 is 1.42. The summed E-state index contributed by atoms with van der Waals surface area (Å²) in [6.07, 6.45) is 0.258. The first-order valence-corrected chi connectivity index (χ1v) is 6.51. The van der Waals surface area contributed by atoms with Crippen molar-refractivity contribution in [2.45, 2.75) is 27.2 Å². The van der Waals surface area contributed by atoms with Crippen LogP contribution in [0, 0.1) is 23.0 Å². The Hall–Kier alpha value is -2.12. The molecule has 1 aromatic rings. The molecule has 8 nitrogen and oxygen atoms in total. The Labute approximate surface area is 117 Å². The highest BCUT2D eigenvalue weighted by Gasteiger charge is 2.23. The molecule has 0 unspecified atom stereocenters. The number of carbonyl (C=O) groups excluding carboxylic acids is 1. The van der Waals surface area contributed by atoms with Gasteiger partial charge in [0.15, 0.2) is 0 Å². The van der Waals surface area contributed by atoms with Gasteiger partial charge in [0.1, 0.15) is 5.69 Å². The summed E-state index contributed by atoms with van der Waals surface area (Å²) in [5, 5.41) is 20.7. The number of aromatic nitrogens is 2. The fourth-order valence-electron chi connectivity index (χ4n) is 1.76. The maximum atomic E-state index is 11.5. The van der Waals surface area contributed by atoms with Gasteiger partial charge in [-0.15, -0.1) is 0 Å². The van der Waals surface area contributed by atoms with Crippen LogP contribution in [0.1, 0.15) is 26.0 Å².